The molecule has 1 heterocycles. The predicted molar refractivity (Wildman–Crippen MR) is 109 cm³/mol. The number of halogens is 1. The van der Waals surface area contributed by atoms with Crippen LogP contribution >= 0.6 is 0 Å². The van der Waals surface area contributed by atoms with E-state index in [0.29, 0.717) is 37.2 Å². The van der Waals surface area contributed by atoms with Crippen molar-refractivity contribution < 1.29 is 14.0 Å². The molecule has 1 saturated heterocycles. The van der Waals surface area contributed by atoms with Crippen LogP contribution in [0.15, 0.2) is 24.3 Å². The molecule has 1 saturated carbocycles. The van der Waals surface area contributed by atoms with Crippen molar-refractivity contribution in [2.45, 2.75) is 70.3 Å². The van der Waals surface area contributed by atoms with Crippen LogP contribution in [0, 0.1) is 11.7 Å². The molecule has 0 aromatic heterocycles. The third-order valence-electron chi connectivity index (χ3n) is 5.88. The average Bonchev–Trinajstić information content (AvgIpc) is 2.95. The topological polar surface area (TPSA) is 61.4 Å². The van der Waals surface area contributed by atoms with Crippen LogP contribution in [0.1, 0.15) is 64.2 Å². The quantitative estimate of drug-likeness (QED) is 0.718. The Hall–Kier alpha value is -2.11. The molecule has 2 fully saturated rings. The number of carbonyl (C=O) groups is 2. The number of rotatable bonds is 5. The first-order valence-electron chi connectivity index (χ1n) is 10.7. The number of nitrogens with one attached hydrogen (secondary N) is 2. The van der Waals surface area contributed by atoms with Gasteiger partial charge < -0.3 is 15.5 Å². The van der Waals surface area contributed by atoms with Gasteiger partial charge >= 0.3 is 6.03 Å². The van der Waals surface area contributed by atoms with E-state index in [-0.39, 0.29) is 17.8 Å². The summed E-state index contributed by atoms with van der Waals surface area (Å²) in [4.78, 5) is 26.6. The summed E-state index contributed by atoms with van der Waals surface area (Å²) in [6, 6.07) is 6.08. The summed E-state index contributed by atoms with van der Waals surface area (Å²) in [7, 11) is 0. The van der Waals surface area contributed by atoms with E-state index in [1.54, 1.807) is 17.0 Å². The van der Waals surface area contributed by atoms with Crippen molar-refractivity contribution in [3.8, 4) is 0 Å². The van der Waals surface area contributed by atoms with E-state index in [1.165, 1.54) is 37.8 Å². The first-order chi connectivity index (χ1) is 13.6. The highest BCUT2D eigenvalue weighted by molar-refractivity contribution is 5.89. The number of nitrogens with zero attached hydrogens (tertiary/aromatic N) is 1. The van der Waals surface area contributed by atoms with Crippen molar-refractivity contribution >= 4 is 17.6 Å². The minimum absolute atomic E-state index is 0.147. The number of urea groups is 1. The molecule has 1 atom stereocenters. The number of anilines is 1. The third kappa shape index (κ3) is 6.50. The fourth-order valence-electron chi connectivity index (χ4n) is 4.31. The van der Waals surface area contributed by atoms with E-state index in [2.05, 4.69) is 10.6 Å². The Bertz CT molecular complexity index is 659. The molecular weight excluding hydrogens is 357 g/mol. The number of carbonyl (C=O) groups excluding carboxylic acids is 2. The molecule has 0 spiro atoms. The normalized spacial score (nSPS) is 21.0. The van der Waals surface area contributed by atoms with Gasteiger partial charge in [0, 0.05) is 31.2 Å². The lowest BCUT2D eigenvalue weighted by molar-refractivity contribution is -0.122. The smallest absolute Gasteiger partial charge is 0.321 e. The van der Waals surface area contributed by atoms with E-state index in [4.69, 9.17) is 0 Å². The summed E-state index contributed by atoms with van der Waals surface area (Å²) in [6.07, 6.45) is 10.5. The van der Waals surface area contributed by atoms with Gasteiger partial charge in [-0.2, -0.15) is 0 Å². The van der Waals surface area contributed by atoms with Gasteiger partial charge in [0.05, 0.1) is 0 Å². The first kappa shape index (κ1) is 20.6. The Morgan fingerprint density at radius 2 is 1.86 bits per heavy atom. The summed E-state index contributed by atoms with van der Waals surface area (Å²) in [6.45, 7) is 1.35. The highest BCUT2D eigenvalue weighted by Gasteiger charge is 2.24. The molecule has 6 heteroatoms. The lowest BCUT2D eigenvalue weighted by Crippen LogP contribution is -2.42. The number of likely N-dealkylation sites (tertiary alicyclic amines) is 1. The summed E-state index contributed by atoms with van der Waals surface area (Å²) in [5.74, 6) is 0.120. The minimum atomic E-state index is -0.367. The highest BCUT2D eigenvalue weighted by atomic mass is 19.1. The van der Waals surface area contributed by atoms with Crippen molar-refractivity contribution in [3.05, 3.63) is 30.1 Å². The largest absolute Gasteiger partial charge is 0.353 e. The van der Waals surface area contributed by atoms with E-state index in [0.717, 1.165) is 32.1 Å². The summed E-state index contributed by atoms with van der Waals surface area (Å²) >= 11 is 0. The molecule has 0 radical (unpaired) electrons. The molecule has 1 aliphatic heterocycles. The highest BCUT2D eigenvalue weighted by Crippen LogP contribution is 2.23. The Labute approximate surface area is 167 Å². The van der Waals surface area contributed by atoms with E-state index < -0.39 is 0 Å². The SMILES string of the molecule is O=C(CCC1CCCN(C(=O)Nc2cccc(F)c2)C1)NC1CCCCCC1. The van der Waals surface area contributed by atoms with Crippen molar-refractivity contribution in [2.24, 2.45) is 5.92 Å². The van der Waals surface area contributed by atoms with Crippen molar-refractivity contribution in [2.75, 3.05) is 18.4 Å². The van der Waals surface area contributed by atoms with Gasteiger partial charge in [0.25, 0.3) is 0 Å². The van der Waals surface area contributed by atoms with Gasteiger partial charge in [-0.05, 0) is 56.2 Å². The average molecular weight is 390 g/mol. The summed E-state index contributed by atoms with van der Waals surface area (Å²) in [5, 5.41) is 5.97. The van der Waals surface area contributed by atoms with Crippen LogP contribution in [-0.4, -0.2) is 36.0 Å². The zero-order valence-corrected chi connectivity index (χ0v) is 16.6. The Morgan fingerprint density at radius 3 is 2.61 bits per heavy atom. The van der Waals surface area contributed by atoms with Crippen LogP contribution in [0.4, 0.5) is 14.9 Å². The maximum atomic E-state index is 13.3. The van der Waals surface area contributed by atoms with Gasteiger partial charge in [0.2, 0.25) is 5.91 Å². The fraction of sp³-hybridized carbons (Fsp3) is 0.636. The summed E-state index contributed by atoms with van der Waals surface area (Å²) < 4.78 is 13.3. The first-order valence-corrected chi connectivity index (χ1v) is 10.7. The number of hydrogen-bond donors (Lipinski definition) is 2. The second kappa shape index (κ2) is 10.4. The molecule has 2 N–H and O–H groups in total. The molecule has 154 valence electrons. The third-order valence-corrected chi connectivity index (χ3v) is 5.88. The fourth-order valence-corrected chi connectivity index (χ4v) is 4.31. The van der Waals surface area contributed by atoms with E-state index in [1.807, 2.05) is 0 Å². The number of benzene rings is 1. The van der Waals surface area contributed by atoms with Crippen LogP contribution in [0.3, 0.4) is 0 Å². The zero-order valence-electron chi connectivity index (χ0n) is 16.6. The molecule has 2 aliphatic rings. The number of hydrogen-bond acceptors (Lipinski definition) is 2. The molecular formula is C22H32FN3O2. The van der Waals surface area contributed by atoms with E-state index in [9.17, 15) is 14.0 Å². The van der Waals surface area contributed by atoms with Gasteiger partial charge in [0.1, 0.15) is 5.82 Å². The van der Waals surface area contributed by atoms with Crippen LogP contribution in [0.2, 0.25) is 0 Å². The molecule has 1 aliphatic carbocycles. The van der Waals surface area contributed by atoms with Crippen molar-refractivity contribution in [1.82, 2.24) is 10.2 Å². The summed E-state index contributed by atoms with van der Waals surface area (Å²) in [5.41, 5.74) is 0.468. The standard InChI is InChI=1S/C22H32FN3O2/c23-18-8-5-11-20(15-18)25-22(28)26-14-6-7-17(16-26)12-13-21(27)24-19-9-3-1-2-4-10-19/h5,8,11,15,17,19H,1-4,6-7,9-10,12-14,16H2,(H,24,27)(H,25,28). The molecule has 1 unspecified atom stereocenters. The second-order valence-corrected chi connectivity index (χ2v) is 8.19. The van der Waals surface area contributed by atoms with Crippen LogP contribution in [0.25, 0.3) is 0 Å². The minimum Gasteiger partial charge on any atom is -0.353 e. The molecule has 3 amide bonds. The van der Waals surface area contributed by atoms with E-state index >= 15 is 0 Å². The molecule has 1 aromatic carbocycles. The predicted octanol–water partition coefficient (Wildman–Crippen LogP) is 4.69. The van der Waals surface area contributed by atoms with Gasteiger partial charge in [-0.1, -0.05) is 31.7 Å². The Kier molecular flexibility index (Phi) is 7.69. The van der Waals surface area contributed by atoms with Crippen LogP contribution < -0.4 is 10.6 Å². The maximum absolute atomic E-state index is 13.3. The van der Waals surface area contributed by atoms with Crippen molar-refractivity contribution in [1.29, 1.82) is 0 Å². The lowest BCUT2D eigenvalue weighted by atomic mass is 9.93. The zero-order chi connectivity index (χ0) is 19.8. The molecule has 1 aromatic rings. The van der Waals surface area contributed by atoms with Crippen LogP contribution in [0.5, 0.6) is 0 Å². The van der Waals surface area contributed by atoms with Crippen molar-refractivity contribution in [3.63, 3.8) is 0 Å². The lowest BCUT2D eigenvalue weighted by Gasteiger charge is -2.32. The second-order valence-electron chi connectivity index (χ2n) is 8.19. The van der Waals surface area contributed by atoms with Gasteiger partial charge in [-0.3, -0.25) is 4.79 Å². The Morgan fingerprint density at radius 1 is 1.07 bits per heavy atom. The molecule has 28 heavy (non-hydrogen) atoms. The molecule has 5 nitrogen and oxygen atoms in total. The van der Waals surface area contributed by atoms with Gasteiger partial charge in [-0.15, -0.1) is 0 Å². The molecule has 0 bridgehead atoms. The van der Waals surface area contributed by atoms with Crippen LogP contribution in [-0.2, 0) is 4.79 Å². The Balaban J connectivity index is 1.41. The number of amides is 3. The maximum Gasteiger partial charge on any atom is 0.321 e. The monoisotopic (exact) mass is 389 g/mol. The number of piperidine rings is 1. The molecule has 3 rings (SSSR count). The van der Waals surface area contributed by atoms with Gasteiger partial charge in [-0.25, -0.2) is 9.18 Å². The van der Waals surface area contributed by atoms with Gasteiger partial charge in [0.15, 0.2) is 0 Å².